The van der Waals surface area contributed by atoms with Gasteiger partial charge in [-0.15, -0.1) is 0 Å². The molecule has 0 aromatic carbocycles. The van der Waals surface area contributed by atoms with E-state index in [0.29, 0.717) is 17.8 Å². The Kier molecular flexibility index (Phi) is 4.89. The second-order valence-corrected chi connectivity index (χ2v) is 5.49. The molecule has 3 aromatic heterocycles. The second kappa shape index (κ2) is 7.43. The van der Waals surface area contributed by atoms with Crippen molar-refractivity contribution in [1.29, 1.82) is 0 Å². The van der Waals surface area contributed by atoms with E-state index in [1.165, 1.54) is 6.20 Å². The van der Waals surface area contributed by atoms with Crippen molar-refractivity contribution in [3.05, 3.63) is 70.9 Å². The Morgan fingerprint density at radius 3 is 2.68 bits per heavy atom. The van der Waals surface area contributed by atoms with Gasteiger partial charge in [0.05, 0.1) is 5.69 Å². The summed E-state index contributed by atoms with van der Waals surface area (Å²) in [7, 11) is 0. The number of rotatable bonds is 5. The maximum absolute atomic E-state index is 12.3. The molecule has 1 atom stereocenters. The number of aromatic nitrogens is 5. The Morgan fingerprint density at radius 2 is 2.00 bits per heavy atom. The zero-order valence-corrected chi connectivity index (χ0v) is 13.5. The lowest BCUT2D eigenvalue weighted by Crippen LogP contribution is -2.37. The monoisotopic (exact) mass is 336 g/mol. The second-order valence-electron chi connectivity index (χ2n) is 5.49. The van der Waals surface area contributed by atoms with E-state index >= 15 is 0 Å². The minimum absolute atomic E-state index is 0.0429. The molecule has 0 radical (unpaired) electrons. The number of H-pyrrole nitrogens is 1. The van der Waals surface area contributed by atoms with Crippen LogP contribution in [0.15, 0.2) is 54.1 Å². The normalized spacial score (nSPS) is 11.7. The SMILES string of the molecule is CC(Cc1cnccn1)NC(=O)c1cnc(-c2cccnc2)[nH]c1=O. The summed E-state index contributed by atoms with van der Waals surface area (Å²) in [4.78, 5) is 43.4. The lowest BCUT2D eigenvalue weighted by Gasteiger charge is -2.13. The Balaban J connectivity index is 1.71. The molecule has 3 heterocycles. The number of nitrogens with one attached hydrogen (secondary N) is 2. The van der Waals surface area contributed by atoms with E-state index in [0.717, 1.165) is 5.69 Å². The van der Waals surface area contributed by atoms with Crippen LogP contribution < -0.4 is 10.9 Å². The van der Waals surface area contributed by atoms with Crippen molar-refractivity contribution < 1.29 is 4.79 Å². The van der Waals surface area contributed by atoms with Crippen molar-refractivity contribution in [1.82, 2.24) is 30.2 Å². The van der Waals surface area contributed by atoms with Crippen molar-refractivity contribution in [3.63, 3.8) is 0 Å². The number of amides is 1. The Morgan fingerprint density at radius 1 is 1.16 bits per heavy atom. The van der Waals surface area contributed by atoms with Gasteiger partial charge in [0, 0.05) is 55.2 Å². The van der Waals surface area contributed by atoms with Crippen LogP contribution in [0.3, 0.4) is 0 Å². The van der Waals surface area contributed by atoms with Crippen molar-refractivity contribution in [2.45, 2.75) is 19.4 Å². The molecule has 126 valence electrons. The Hall–Kier alpha value is -3.42. The van der Waals surface area contributed by atoms with Gasteiger partial charge < -0.3 is 10.3 Å². The van der Waals surface area contributed by atoms with Gasteiger partial charge in [-0.05, 0) is 19.1 Å². The van der Waals surface area contributed by atoms with E-state index in [-0.39, 0.29) is 11.6 Å². The topological polar surface area (TPSA) is 114 Å². The van der Waals surface area contributed by atoms with Crippen molar-refractivity contribution in [2.75, 3.05) is 0 Å². The molecular weight excluding hydrogens is 320 g/mol. The summed E-state index contributed by atoms with van der Waals surface area (Å²) in [5.74, 6) is -0.120. The van der Waals surface area contributed by atoms with Crippen LogP contribution in [-0.4, -0.2) is 36.9 Å². The largest absolute Gasteiger partial charge is 0.349 e. The van der Waals surface area contributed by atoms with Gasteiger partial charge in [-0.2, -0.15) is 0 Å². The molecule has 3 aromatic rings. The maximum Gasteiger partial charge on any atom is 0.264 e. The fraction of sp³-hybridized carbons (Fsp3) is 0.176. The van der Waals surface area contributed by atoms with E-state index in [9.17, 15) is 9.59 Å². The molecule has 3 rings (SSSR count). The van der Waals surface area contributed by atoms with E-state index < -0.39 is 11.5 Å². The first-order valence-corrected chi connectivity index (χ1v) is 7.69. The molecule has 0 aliphatic rings. The highest BCUT2D eigenvalue weighted by Crippen LogP contribution is 2.10. The summed E-state index contributed by atoms with van der Waals surface area (Å²) in [6, 6.07) is 3.31. The van der Waals surface area contributed by atoms with E-state index in [2.05, 4.69) is 30.2 Å². The number of carbonyl (C=O) groups is 1. The first-order valence-electron chi connectivity index (χ1n) is 7.69. The third-order valence-electron chi connectivity index (χ3n) is 3.49. The van der Waals surface area contributed by atoms with Gasteiger partial charge >= 0.3 is 0 Å². The molecular formula is C17H16N6O2. The highest BCUT2D eigenvalue weighted by molar-refractivity contribution is 5.93. The molecule has 0 saturated heterocycles. The molecule has 1 unspecified atom stereocenters. The first-order chi connectivity index (χ1) is 12.1. The predicted octanol–water partition coefficient (Wildman–Crippen LogP) is 0.983. The number of nitrogens with zero attached hydrogens (tertiary/aromatic N) is 4. The zero-order chi connectivity index (χ0) is 17.6. The van der Waals surface area contributed by atoms with Crippen molar-refractivity contribution >= 4 is 5.91 Å². The Bertz CT molecular complexity index is 911. The van der Waals surface area contributed by atoms with E-state index in [4.69, 9.17) is 0 Å². The van der Waals surface area contributed by atoms with Crippen LogP contribution in [0.5, 0.6) is 0 Å². The van der Waals surface area contributed by atoms with Crippen LogP contribution >= 0.6 is 0 Å². The zero-order valence-electron chi connectivity index (χ0n) is 13.5. The molecule has 0 saturated carbocycles. The third-order valence-corrected chi connectivity index (χ3v) is 3.49. The van der Waals surface area contributed by atoms with Crippen LogP contribution in [0.25, 0.3) is 11.4 Å². The van der Waals surface area contributed by atoms with Crippen LogP contribution in [0.2, 0.25) is 0 Å². The standard InChI is InChI=1S/C17H16N6O2/c1-11(7-13-9-19-5-6-20-13)22-16(24)14-10-21-15(23-17(14)25)12-3-2-4-18-8-12/h2-6,8-11H,7H2,1H3,(H,22,24)(H,21,23,25). The molecule has 25 heavy (non-hydrogen) atoms. The molecule has 1 amide bonds. The molecule has 2 N–H and O–H groups in total. The van der Waals surface area contributed by atoms with Gasteiger partial charge in [0.2, 0.25) is 0 Å². The van der Waals surface area contributed by atoms with Gasteiger partial charge in [0.25, 0.3) is 11.5 Å². The predicted molar refractivity (Wildman–Crippen MR) is 90.8 cm³/mol. The summed E-state index contributed by atoms with van der Waals surface area (Å²) >= 11 is 0. The number of pyridine rings is 1. The minimum Gasteiger partial charge on any atom is -0.349 e. The van der Waals surface area contributed by atoms with Gasteiger partial charge in [0.15, 0.2) is 0 Å². The lowest BCUT2D eigenvalue weighted by atomic mass is 10.1. The van der Waals surface area contributed by atoms with E-state index in [1.54, 1.807) is 43.1 Å². The van der Waals surface area contributed by atoms with Crippen molar-refractivity contribution in [2.24, 2.45) is 0 Å². The van der Waals surface area contributed by atoms with Crippen LogP contribution in [0.4, 0.5) is 0 Å². The average Bonchev–Trinajstić information content (AvgIpc) is 2.63. The van der Waals surface area contributed by atoms with Crippen molar-refractivity contribution in [3.8, 4) is 11.4 Å². The molecule has 8 nitrogen and oxygen atoms in total. The summed E-state index contributed by atoms with van der Waals surface area (Å²) in [6.07, 6.45) is 9.81. The van der Waals surface area contributed by atoms with Crippen LogP contribution in [0, 0.1) is 0 Å². The fourth-order valence-electron chi connectivity index (χ4n) is 2.31. The minimum atomic E-state index is -0.502. The van der Waals surface area contributed by atoms with Gasteiger partial charge in [-0.3, -0.25) is 24.5 Å². The highest BCUT2D eigenvalue weighted by Gasteiger charge is 2.15. The third kappa shape index (κ3) is 4.11. The molecule has 0 aliphatic carbocycles. The fourth-order valence-corrected chi connectivity index (χ4v) is 2.31. The number of hydrogen-bond acceptors (Lipinski definition) is 6. The van der Waals surface area contributed by atoms with Gasteiger partial charge in [-0.1, -0.05) is 0 Å². The molecule has 0 aliphatic heterocycles. The Labute approximate surface area is 143 Å². The molecule has 0 bridgehead atoms. The smallest absolute Gasteiger partial charge is 0.264 e. The number of carbonyl (C=O) groups excluding carboxylic acids is 1. The van der Waals surface area contributed by atoms with Crippen LogP contribution in [0.1, 0.15) is 23.0 Å². The van der Waals surface area contributed by atoms with Gasteiger partial charge in [-0.25, -0.2) is 4.98 Å². The summed E-state index contributed by atoms with van der Waals surface area (Å²) in [5.41, 5.74) is 0.883. The lowest BCUT2D eigenvalue weighted by molar-refractivity contribution is 0.0938. The molecule has 0 fully saturated rings. The van der Waals surface area contributed by atoms with Crippen LogP contribution in [-0.2, 0) is 6.42 Å². The molecule has 0 spiro atoms. The summed E-state index contributed by atoms with van der Waals surface area (Å²) in [6.45, 7) is 1.83. The number of hydrogen-bond donors (Lipinski definition) is 2. The summed E-state index contributed by atoms with van der Waals surface area (Å²) in [5, 5.41) is 2.77. The average molecular weight is 336 g/mol. The quantitative estimate of drug-likeness (QED) is 0.718. The van der Waals surface area contributed by atoms with E-state index in [1.807, 2.05) is 6.92 Å². The van der Waals surface area contributed by atoms with Gasteiger partial charge in [0.1, 0.15) is 11.4 Å². The molecule has 8 heteroatoms. The number of aromatic amines is 1. The highest BCUT2D eigenvalue weighted by atomic mass is 16.2. The summed E-state index contributed by atoms with van der Waals surface area (Å²) < 4.78 is 0. The first kappa shape index (κ1) is 16.4. The maximum atomic E-state index is 12.3.